The summed E-state index contributed by atoms with van der Waals surface area (Å²) in [6.07, 6.45) is 1.63. The van der Waals surface area contributed by atoms with Crippen LogP contribution >= 0.6 is 0 Å². The van der Waals surface area contributed by atoms with E-state index in [1.54, 1.807) is 12.3 Å². The molecule has 82 valence electrons. The van der Waals surface area contributed by atoms with Crippen LogP contribution in [0.1, 0.15) is 16.1 Å². The molecule has 0 bridgehead atoms. The molecule has 0 fully saturated rings. The van der Waals surface area contributed by atoms with E-state index in [-0.39, 0.29) is 5.69 Å². The largest absolute Gasteiger partial charge is 0.489 e. The van der Waals surface area contributed by atoms with Crippen LogP contribution in [0, 0.1) is 0 Å². The van der Waals surface area contributed by atoms with Crippen LogP contribution in [0.25, 0.3) is 0 Å². The Bertz CT molecular complexity index is 476. The van der Waals surface area contributed by atoms with E-state index in [9.17, 15) is 4.79 Å². The fourth-order valence-electron chi connectivity index (χ4n) is 1.33. The van der Waals surface area contributed by atoms with Crippen molar-refractivity contribution in [3.8, 4) is 5.75 Å². The first-order chi connectivity index (χ1) is 7.75. The molecule has 1 heterocycles. The van der Waals surface area contributed by atoms with Gasteiger partial charge in [-0.1, -0.05) is 18.2 Å². The lowest BCUT2D eigenvalue weighted by Crippen LogP contribution is -1.95. The first kappa shape index (κ1) is 10.3. The molecule has 1 aromatic heterocycles. The van der Waals surface area contributed by atoms with Crippen molar-refractivity contribution in [3.63, 3.8) is 0 Å². The fourth-order valence-corrected chi connectivity index (χ4v) is 1.33. The number of carboxylic acids is 1. The molecule has 2 aromatic rings. The molecule has 0 saturated heterocycles. The number of benzene rings is 1. The minimum Gasteiger partial charge on any atom is -0.489 e. The molecular formula is C12H11NO3. The van der Waals surface area contributed by atoms with Crippen LogP contribution in [-0.2, 0) is 6.61 Å². The predicted molar refractivity (Wildman–Crippen MR) is 58.5 cm³/mol. The SMILES string of the molecule is O=C(O)c1cc(COc2ccccc2)c[nH]1. The van der Waals surface area contributed by atoms with E-state index < -0.39 is 5.97 Å². The summed E-state index contributed by atoms with van der Waals surface area (Å²) in [5.41, 5.74) is 0.980. The van der Waals surface area contributed by atoms with E-state index in [4.69, 9.17) is 9.84 Å². The van der Waals surface area contributed by atoms with E-state index >= 15 is 0 Å². The Balaban J connectivity index is 1.97. The van der Waals surface area contributed by atoms with E-state index in [0.717, 1.165) is 11.3 Å². The first-order valence-electron chi connectivity index (χ1n) is 4.84. The van der Waals surface area contributed by atoms with Crippen LogP contribution in [-0.4, -0.2) is 16.1 Å². The lowest BCUT2D eigenvalue weighted by molar-refractivity contribution is 0.0691. The van der Waals surface area contributed by atoms with Gasteiger partial charge in [-0.2, -0.15) is 0 Å². The summed E-state index contributed by atoms with van der Waals surface area (Å²) in [4.78, 5) is 13.3. The van der Waals surface area contributed by atoms with Gasteiger partial charge in [0.1, 0.15) is 18.1 Å². The number of hydrogen-bond acceptors (Lipinski definition) is 2. The maximum absolute atomic E-state index is 10.6. The highest BCUT2D eigenvalue weighted by Crippen LogP contribution is 2.12. The van der Waals surface area contributed by atoms with Gasteiger partial charge in [-0.25, -0.2) is 4.79 Å². The molecule has 2 rings (SSSR count). The molecule has 0 atom stereocenters. The number of aromatic carboxylic acids is 1. The summed E-state index contributed by atoms with van der Waals surface area (Å²) in [5.74, 6) is -0.202. The van der Waals surface area contributed by atoms with Crippen LogP contribution in [0.5, 0.6) is 5.75 Å². The average Bonchev–Trinajstić information content (AvgIpc) is 2.76. The molecule has 16 heavy (non-hydrogen) atoms. The standard InChI is InChI=1S/C12H11NO3/c14-12(15)11-6-9(7-13-11)8-16-10-4-2-1-3-5-10/h1-7,13H,8H2,(H,14,15). The zero-order valence-electron chi connectivity index (χ0n) is 8.51. The highest BCUT2D eigenvalue weighted by molar-refractivity contribution is 5.85. The average molecular weight is 217 g/mol. The second kappa shape index (κ2) is 4.53. The van der Waals surface area contributed by atoms with Crippen LogP contribution in [0.4, 0.5) is 0 Å². The first-order valence-corrected chi connectivity index (χ1v) is 4.84. The second-order valence-corrected chi connectivity index (χ2v) is 3.33. The highest BCUT2D eigenvalue weighted by atomic mass is 16.5. The topological polar surface area (TPSA) is 62.3 Å². The van der Waals surface area contributed by atoms with Crippen molar-refractivity contribution in [2.45, 2.75) is 6.61 Å². The van der Waals surface area contributed by atoms with Gasteiger partial charge >= 0.3 is 5.97 Å². The normalized spacial score (nSPS) is 10.0. The summed E-state index contributed by atoms with van der Waals surface area (Å²) in [5, 5.41) is 8.71. The number of carboxylic acid groups (broad SMARTS) is 1. The molecule has 4 nitrogen and oxygen atoms in total. The number of para-hydroxylation sites is 1. The van der Waals surface area contributed by atoms with Gasteiger partial charge in [0, 0.05) is 11.8 Å². The van der Waals surface area contributed by atoms with Crippen molar-refractivity contribution >= 4 is 5.97 Å². The maximum atomic E-state index is 10.6. The lowest BCUT2D eigenvalue weighted by atomic mass is 10.3. The summed E-state index contributed by atoms with van der Waals surface area (Å²) in [6, 6.07) is 10.9. The molecule has 0 radical (unpaired) electrons. The monoisotopic (exact) mass is 217 g/mol. The third-order valence-corrected chi connectivity index (χ3v) is 2.12. The summed E-state index contributed by atoms with van der Waals surface area (Å²) in [6.45, 7) is 0.355. The molecule has 4 heteroatoms. The van der Waals surface area contributed by atoms with Gasteiger partial charge in [-0.3, -0.25) is 0 Å². The smallest absolute Gasteiger partial charge is 0.352 e. The zero-order valence-corrected chi connectivity index (χ0v) is 8.51. The quantitative estimate of drug-likeness (QED) is 0.825. The van der Waals surface area contributed by atoms with Gasteiger partial charge in [0.15, 0.2) is 0 Å². The molecule has 2 N–H and O–H groups in total. The van der Waals surface area contributed by atoms with Gasteiger partial charge in [-0.15, -0.1) is 0 Å². The van der Waals surface area contributed by atoms with Crippen LogP contribution in [0.3, 0.4) is 0 Å². The Labute approximate surface area is 92.5 Å². The number of nitrogens with one attached hydrogen (secondary N) is 1. The van der Waals surface area contributed by atoms with Crippen molar-refractivity contribution < 1.29 is 14.6 Å². The van der Waals surface area contributed by atoms with Gasteiger partial charge in [0.05, 0.1) is 0 Å². The fraction of sp³-hybridized carbons (Fsp3) is 0.0833. The Kier molecular flexibility index (Phi) is 2.91. The summed E-state index contributed by atoms with van der Waals surface area (Å²) in [7, 11) is 0. The van der Waals surface area contributed by atoms with Crippen molar-refractivity contribution in [2.24, 2.45) is 0 Å². The minimum atomic E-state index is -0.967. The number of rotatable bonds is 4. The van der Waals surface area contributed by atoms with E-state index in [1.807, 2.05) is 30.3 Å². The number of carbonyl (C=O) groups is 1. The van der Waals surface area contributed by atoms with Gasteiger partial charge in [-0.05, 0) is 18.2 Å². The molecule has 0 spiro atoms. The molecule has 0 amide bonds. The van der Waals surface area contributed by atoms with Gasteiger partial charge in [0.25, 0.3) is 0 Å². The van der Waals surface area contributed by atoms with E-state index in [2.05, 4.69) is 4.98 Å². The van der Waals surface area contributed by atoms with Crippen molar-refractivity contribution in [2.75, 3.05) is 0 Å². The van der Waals surface area contributed by atoms with Crippen LogP contribution < -0.4 is 4.74 Å². The summed E-state index contributed by atoms with van der Waals surface area (Å²) >= 11 is 0. The molecule has 0 aliphatic carbocycles. The number of ether oxygens (including phenoxy) is 1. The number of H-pyrrole nitrogens is 1. The lowest BCUT2D eigenvalue weighted by Gasteiger charge is -2.03. The third kappa shape index (κ3) is 2.42. The Morgan fingerprint density at radius 2 is 2.06 bits per heavy atom. The Hall–Kier alpha value is -2.23. The van der Waals surface area contributed by atoms with Crippen molar-refractivity contribution in [3.05, 3.63) is 53.9 Å². The van der Waals surface area contributed by atoms with E-state index in [0.29, 0.717) is 6.61 Å². The van der Waals surface area contributed by atoms with E-state index in [1.165, 1.54) is 0 Å². The number of hydrogen-bond donors (Lipinski definition) is 2. The van der Waals surface area contributed by atoms with Crippen molar-refractivity contribution in [1.29, 1.82) is 0 Å². The molecule has 0 aliphatic rings. The summed E-state index contributed by atoms with van der Waals surface area (Å²) < 4.78 is 5.47. The van der Waals surface area contributed by atoms with Gasteiger partial charge < -0.3 is 14.8 Å². The van der Waals surface area contributed by atoms with Crippen molar-refractivity contribution in [1.82, 2.24) is 4.98 Å². The maximum Gasteiger partial charge on any atom is 0.352 e. The number of aromatic amines is 1. The van der Waals surface area contributed by atoms with Gasteiger partial charge in [0.2, 0.25) is 0 Å². The molecule has 1 aromatic carbocycles. The highest BCUT2D eigenvalue weighted by Gasteiger charge is 2.05. The predicted octanol–water partition coefficient (Wildman–Crippen LogP) is 2.29. The molecule has 0 saturated carbocycles. The number of aromatic nitrogens is 1. The van der Waals surface area contributed by atoms with Crippen LogP contribution in [0.15, 0.2) is 42.6 Å². The zero-order chi connectivity index (χ0) is 11.4. The Morgan fingerprint density at radius 1 is 1.31 bits per heavy atom. The second-order valence-electron chi connectivity index (χ2n) is 3.33. The Morgan fingerprint density at radius 3 is 2.69 bits per heavy atom. The molecule has 0 aliphatic heterocycles. The van der Waals surface area contributed by atoms with Crippen LogP contribution in [0.2, 0.25) is 0 Å². The minimum absolute atomic E-state index is 0.173. The third-order valence-electron chi connectivity index (χ3n) is 2.12. The molecule has 0 unspecified atom stereocenters. The molecular weight excluding hydrogens is 206 g/mol.